The smallest absolute Gasteiger partial charge is 0.315 e. The Hall–Kier alpha value is -1.75. The van der Waals surface area contributed by atoms with E-state index in [0.717, 1.165) is 6.42 Å². The monoisotopic (exact) mass is 1210 g/mol. The van der Waals surface area contributed by atoms with Gasteiger partial charge in [-0.2, -0.15) is 0 Å². The van der Waals surface area contributed by atoms with Crippen molar-refractivity contribution >= 4 is 5.97 Å². The first-order chi connectivity index (χ1) is 39.3. The van der Waals surface area contributed by atoms with Crippen LogP contribution >= 0.6 is 0 Å². The van der Waals surface area contributed by atoms with Gasteiger partial charge in [0.2, 0.25) is 6.29 Å². The molecule has 26 nitrogen and oxygen atoms in total. The summed E-state index contributed by atoms with van der Waals surface area (Å²) in [6, 6.07) is 0. The summed E-state index contributed by atoms with van der Waals surface area (Å²) in [6.07, 6.45) is -31.9. The standard InChI is InChI=1S/C58H94O26/c1-23-33(64)39(70)45(82-48-41(72)38(69)36(67)29(19-59)78-48)51(77-23)84-52(74)58-15-13-53(2,3)17-25(58)24-9-10-32-55(6)18-26(61)46(54(4,5)31(55)11-12-57(32,8)56(24,7)14-16-58)83-49-42(73)43(37(68)30(20-60)79-49)80-50-44(35(66)28(63)22-76-50)81-47-40(71)34(65)27(62)21-75-47/h9,23,25-51,59-73H,10-22H2,1-8H3/t23-,25-,26+,27-,28-,29-,30-,31-,32+,33-,34+,35+,36-,37-,38+,39+,40-,41-,42-,43+,44-,45-,46-,47+,48+,49+,50+,51+,55-,56+,57+,58-/m0/s1. The van der Waals surface area contributed by atoms with Crippen LogP contribution in [0.4, 0.5) is 0 Å². The van der Waals surface area contributed by atoms with Gasteiger partial charge in [-0.05, 0) is 110 Å². The molecule has 482 valence electrons. The van der Waals surface area contributed by atoms with Gasteiger partial charge in [-0.25, -0.2) is 0 Å². The first-order valence-corrected chi connectivity index (χ1v) is 30.1. The summed E-state index contributed by atoms with van der Waals surface area (Å²) in [5.41, 5.74) is -2.17. The minimum absolute atomic E-state index is 0.0185. The van der Waals surface area contributed by atoms with Crippen molar-refractivity contribution in [2.75, 3.05) is 26.4 Å². The maximum Gasteiger partial charge on any atom is 0.315 e. The third-order valence-electron chi connectivity index (χ3n) is 22.7. The first kappa shape index (κ1) is 65.2. The molecule has 15 N–H and O–H groups in total. The SMILES string of the molecule is C[C@@H]1O[C@H](OC(=O)[C@]23CCC(C)(C)C[C@H]2C2=CC[C@@H]4[C@@]5(C)C[C@@H](O)[C@H](O[C@H]6O[C@@H](CO)[C@H](O)[C@@H](O[C@H]7OC[C@H](O)[C@@H](O)[C@@H]7O[C@H]7OC[C@H](O)[C@@H](O)[C@@H]7O)[C@@H]6O)C(C)(C)[C@@H]5CC[C@@]4(C)[C@]2(C)CC3)[C@@H](O[C@H]2O[C@@H](CO)[C@H](O)[C@@H](O)[C@@H]2O)[C@H](O)[C@H]1O. The average molecular weight is 1210 g/mol. The minimum Gasteiger partial charge on any atom is -0.432 e. The Balaban J connectivity index is 0.875. The fourth-order valence-corrected chi connectivity index (χ4v) is 17.5. The third-order valence-corrected chi connectivity index (χ3v) is 22.7. The largest absolute Gasteiger partial charge is 0.432 e. The van der Waals surface area contributed by atoms with Crippen LogP contribution in [0.25, 0.3) is 0 Å². The molecule has 0 bridgehead atoms. The van der Waals surface area contributed by atoms with E-state index in [9.17, 15) is 76.6 Å². The number of aliphatic hydroxyl groups is 15. The van der Waals surface area contributed by atoms with Crippen LogP contribution < -0.4 is 0 Å². The third kappa shape index (κ3) is 10.8. The minimum atomic E-state index is -1.86. The molecule has 0 unspecified atom stereocenters. The van der Waals surface area contributed by atoms with Crippen LogP contribution in [0.1, 0.15) is 113 Å². The van der Waals surface area contributed by atoms with E-state index in [-0.39, 0.29) is 35.0 Å². The zero-order valence-corrected chi connectivity index (χ0v) is 49.1. The van der Waals surface area contributed by atoms with E-state index in [1.807, 2.05) is 13.8 Å². The molecule has 0 amide bonds. The average Bonchev–Trinajstić information content (AvgIpc) is 1.14. The molecule has 0 aromatic heterocycles. The summed E-state index contributed by atoms with van der Waals surface area (Å²) < 4.78 is 59.7. The molecule has 84 heavy (non-hydrogen) atoms. The highest BCUT2D eigenvalue weighted by Gasteiger charge is 2.71. The van der Waals surface area contributed by atoms with Gasteiger partial charge in [-0.15, -0.1) is 0 Å². The van der Waals surface area contributed by atoms with Crippen LogP contribution in [-0.4, -0.2) is 263 Å². The number of fused-ring (bicyclic) bond motifs is 7. The topological polar surface area (TPSA) is 413 Å². The van der Waals surface area contributed by atoms with E-state index in [4.69, 9.17) is 47.4 Å². The fraction of sp³-hybridized carbons (Fsp3) is 0.948. The van der Waals surface area contributed by atoms with Gasteiger partial charge in [0.25, 0.3) is 0 Å². The second-order valence-corrected chi connectivity index (χ2v) is 28.3. The van der Waals surface area contributed by atoms with Crippen LogP contribution in [0.2, 0.25) is 0 Å². The van der Waals surface area contributed by atoms with Crippen molar-refractivity contribution in [1.82, 2.24) is 0 Å². The Kier molecular flexibility index (Phi) is 18.5. The summed E-state index contributed by atoms with van der Waals surface area (Å²) in [6.45, 7) is 14.4. The van der Waals surface area contributed by atoms with E-state index in [1.54, 1.807) is 0 Å². The maximum atomic E-state index is 15.3. The molecule has 5 saturated heterocycles. The van der Waals surface area contributed by atoms with Gasteiger partial charge in [-0.3, -0.25) is 4.79 Å². The van der Waals surface area contributed by atoms with Gasteiger partial charge in [0, 0.05) is 0 Å². The van der Waals surface area contributed by atoms with Crippen molar-refractivity contribution in [2.24, 2.45) is 50.2 Å². The van der Waals surface area contributed by atoms with Gasteiger partial charge in [-0.1, -0.05) is 60.1 Å². The van der Waals surface area contributed by atoms with E-state index >= 15 is 4.79 Å². The number of ether oxygens (including phenoxy) is 10. The lowest BCUT2D eigenvalue weighted by Gasteiger charge is -2.71. The quantitative estimate of drug-likeness (QED) is 0.0528. The van der Waals surface area contributed by atoms with Crippen molar-refractivity contribution in [1.29, 1.82) is 0 Å². The number of allylic oxidation sites excluding steroid dienone is 2. The normalized spacial score (nSPS) is 54.6. The number of hydrogen-bond donors (Lipinski definition) is 15. The maximum absolute atomic E-state index is 15.3. The number of carbonyl (C=O) groups excluding carboxylic acids is 1. The number of esters is 1. The Morgan fingerprint density at radius 1 is 0.536 bits per heavy atom. The molecule has 26 heteroatoms. The Labute approximate surface area is 488 Å². The summed E-state index contributed by atoms with van der Waals surface area (Å²) >= 11 is 0. The highest BCUT2D eigenvalue weighted by molar-refractivity contribution is 5.79. The first-order valence-electron chi connectivity index (χ1n) is 30.1. The van der Waals surface area contributed by atoms with E-state index in [1.165, 1.54) is 12.5 Å². The Bertz CT molecular complexity index is 2350. The van der Waals surface area contributed by atoms with Crippen LogP contribution in [-0.2, 0) is 52.2 Å². The van der Waals surface area contributed by atoms with Crippen molar-refractivity contribution in [3.05, 3.63) is 11.6 Å². The molecule has 5 aliphatic heterocycles. The van der Waals surface area contributed by atoms with Gasteiger partial charge < -0.3 is 124 Å². The molecular weight excluding hydrogens is 1110 g/mol. The van der Waals surface area contributed by atoms with Crippen LogP contribution in [0.15, 0.2) is 11.6 Å². The van der Waals surface area contributed by atoms with Gasteiger partial charge in [0.1, 0.15) is 97.7 Å². The molecule has 0 aromatic carbocycles. The van der Waals surface area contributed by atoms with Crippen molar-refractivity contribution in [2.45, 2.75) is 267 Å². The predicted molar refractivity (Wildman–Crippen MR) is 283 cm³/mol. The zero-order valence-electron chi connectivity index (χ0n) is 49.1. The molecule has 0 spiro atoms. The molecule has 5 heterocycles. The molecule has 10 aliphatic rings. The molecule has 0 radical (unpaired) electrons. The molecular formula is C58H94O26. The van der Waals surface area contributed by atoms with Gasteiger partial charge in [0.15, 0.2) is 31.3 Å². The van der Waals surface area contributed by atoms with E-state index in [2.05, 4.69) is 40.7 Å². The molecule has 32 atom stereocenters. The molecule has 10 rings (SSSR count). The molecule has 0 aromatic rings. The lowest BCUT2D eigenvalue weighted by atomic mass is 9.33. The predicted octanol–water partition coefficient (Wildman–Crippen LogP) is -2.93. The number of rotatable bonds is 12. The molecule has 4 saturated carbocycles. The summed E-state index contributed by atoms with van der Waals surface area (Å²) in [5.74, 6) is -0.915. The van der Waals surface area contributed by atoms with E-state index in [0.29, 0.717) is 44.9 Å². The lowest BCUT2D eigenvalue weighted by molar-refractivity contribution is -0.381. The summed E-state index contributed by atoms with van der Waals surface area (Å²) in [7, 11) is 0. The fourth-order valence-electron chi connectivity index (χ4n) is 17.5. The van der Waals surface area contributed by atoms with Crippen molar-refractivity contribution < 1.29 is 129 Å². The Morgan fingerprint density at radius 2 is 1.11 bits per heavy atom. The van der Waals surface area contributed by atoms with Crippen molar-refractivity contribution in [3.63, 3.8) is 0 Å². The van der Waals surface area contributed by atoms with E-state index < -0.39 is 208 Å². The second kappa shape index (κ2) is 23.8. The van der Waals surface area contributed by atoms with Crippen LogP contribution in [0, 0.1) is 50.2 Å². The summed E-state index contributed by atoms with van der Waals surface area (Å²) in [4.78, 5) is 15.3. The van der Waals surface area contributed by atoms with Crippen LogP contribution in [0.5, 0.6) is 0 Å². The molecule has 9 fully saturated rings. The summed E-state index contributed by atoms with van der Waals surface area (Å²) in [5, 5.41) is 163. The highest BCUT2D eigenvalue weighted by Crippen LogP contribution is 2.76. The van der Waals surface area contributed by atoms with Crippen molar-refractivity contribution in [3.8, 4) is 0 Å². The number of hydrogen-bond acceptors (Lipinski definition) is 26. The highest BCUT2D eigenvalue weighted by atomic mass is 16.8. The number of carbonyl (C=O) groups is 1. The lowest BCUT2D eigenvalue weighted by Crippen LogP contribution is -2.69. The molecule has 5 aliphatic carbocycles. The second-order valence-electron chi connectivity index (χ2n) is 28.3. The van der Waals surface area contributed by atoms with Gasteiger partial charge in [0.05, 0.1) is 50.2 Å². The Morgan fingerprint density at radius 3 is 1.77 bits per heavy atom. The van der Waals surface area contributed by atoms with Gasteiger partial charge >= 0.3 is 5.97 Å². The number of aliphatic hydroxyl groups excluding tert-OH is 15. The zero-order chi connectivity index (χ0) is 61.3. The van der Waals surface area contributed by atoms with Crippen LogP contribution in [0.3, 0.4) is 0 Å².